The minimum atomic E-state index is -0.488. The summed E-state index contributed by atoms with van der Waals surface area (Å²) >= 11 is 0. The molecule has 0 spiro atoms. The summed E-state index contributed by atoms with van der Waals surface area (Å²) in [6.07, 6.45) is 0.783. The average Bonchev–Trinajstić information content (AvgIpc) is 2.67. The highest BCUT2D eigenvalue weighted by Gasteiger charge is 2.23. The Hall–Kier alpha value is -2.41. The summed E-state index contributed by atoms with van der Waals surface area (Å²) in [5.41, 5.74) is 1.18. The molecule has 2 N–H and O–H groups in total. The molecule has 1 atom stereocenters. The third kappa shape index (κ3) is 6.15. The molecular formula is C19H28N4O3. The number of carbonyl (C=O) groups is 3. The van der Waals surface area contributed by atoms with E-state index < -0.39 is 6.03 Å². The van der Waals surface area contributed by atoms with Gasteiger partial charge in [0.15, 0.2) is 0 Å². The number of hydrogen-bond donors (Lipinski definition) is 2. The number of urea groups is 1. The van der Waals surface area contributed by atoms with Crippen LogP contribution in [0.2, 0.25) is 0 Å². The first-order valence-corrected chi connectivity index (χ1v) is 9.06. The van der Waals surface area contributed by atoms with Gasteiger partial charge in [0.2, 0.25) is 11.8 Å². The summed E-state index contributed by atoms with van der Waals surface area (Å²) in [7, 11) is 1.47. The van der Waals surface area contributed by atoms with Gasteiger partial charge in [0, 0.05) is 52.6 Å². The van der Waals surface area contributed by atoms with Gasteiger partial charge in [0.25, 0.3) is 0 Å². The van der Waals surface area contributed by atoms with Crippen LogP contribution in [0.3, 0.4) is 0 Å². The lowest BCUT2D eigenvalue weighted by Gasteiger charge is -2.35. The second kappa shape index (κ2) is 9.91. The quantitative estimate of drug-likeness (QED) is 0.798. The lowest BCUT2D eigenvalue weighted by Crippen LogP contribution is -2.49. The third-order valence-electron chi connectivity index (χ3n) is 4.71. The molecule has 4 amide bonds. The maximum atomic E-state index is 12.5. The molecule has 142 valence electrons. The van der Waals surface area contributed by atoms with E-state index in [1.807, 2.05) is 23.1 Å². The van der Waals surface area contributed by atoms with E-state index in [0.29, 0.717) is 26.1 Å². The fourth-order valence-electron chi connectivity index (χ4n) is 3.02. The topological polar surface area (TPSA) is 81.8 Å². The number of nitrogens with zero attached hydrogens (tertiary/aromatic N) is 2. The van der Waals surface area contributed by atoms with Gasteiger partial charge in [-0.15, -0.1) is 0 Å². The zero-order chi connectivity index (χ0) is 18.9. The number of carbonyl (C=O) groups excluding carboxylic acids is 3. The largest absolute Gasteiger partial charge is 0.341 e. The smallest absolute Gasteiger partial charge is 0.321 e. The Bertz CT molecular complexity index is 612. The van der Waals surface area contributed by atoms with Crippen molar-refractivity contribution in [3.05, 3.63) is 35.9 Å². The van der Waals surface area contributed by atoms with Gasteiger partial charge in [-0.1, -0.05) is 37.3 Å². The molecule has 0 bridgehead atoms. The highest BCUT2D eigenvalue weighted by molar-refractivity contribution is 5.94. The molecule has 1 fully saturated rings. The molecule has 2 rings (SSSR count). The van der Waals surface area contributed by atoms with Crippen LogP contribution < -0.4 is 10.6 Å². The predicted octanol–water partition coefficient (Wildman–Crippen LogP) is 1.17. The van der Waals surface area contributed by atoms with Crippen molar-refractivity contribution < 1.29 is 14.4 Å². The minimum Gasteiger partial charge on any atom is -0.341 e. The lowest BCUT2D eigenvalue weighted by atomic mass is 9.97. The SMILES string of the molecule is CNC(=O)NC(=O)CCN1CCN(C(=O)C[C@@H](C)c2ccccc2)CC1. The molecule has 7 heteroatoms. The Morgan fingerprint density at radius 2 is 1.73 bits per heavy atom. The van der Waals surface area contributed by atoms with Crippen molar-refractivity contribution in [1.29, 1.82) is 0 Å². The summed E-state index contributed by atoms with van der Waals surface area (Å²) in [6, 6.07) is 9.59. The van der Waals surface area contributed by atoms with E-state index in [-0.39, 0.29) is 24.2 Å². The molecule has 7 nitrogen and oxygen atoms in total. The number of nitrogens with one attached hydrogen (secondary N) is 2. The molecular weight excluding hydrogens is 332 g/mol. The zero-order valence-corrected chi connectivity index (χ0v) is 15.5. The summed E-state index contributed by atoms with van der Waals surface area (Å²) in [6.45, 7) is 5.52. The van der Waals surface area contributed by atoms with E-state index in [4.69, 9.17) is 0 Å². The van der Waals surface area contributed by atoms with Crippen molar-refractivity contribution in [2.45, 2.75) is 25.7 Å². The fourth-order valence-corrected chi connectivity index (χ4v) is 3.02. The number of benzene rings is 1. The third-order valence-corrected chi connectivity index (χ3v) is 4.71. The van der Waals surface area contributed by atoms with Crippen LogP contribution in [0.5, 0.6) is 0 Å². The Morgan fingerprint density at radius 3 is 2.35 bits per heavy atom. The van der Waals surface area contributed by atoms with Gasteiger partial charge in [0.05, 0.1) is 0 Å². The van der Waals surface area contributed by atoms with E-state index in [0.717, 1.165) is 13.1 Å². The lowest BCUT2D eigenvalue weighted by molar-refractivity contribution is -0.133. The summed E-state index contributed by atoms with van der Waals surface area (Å²) < 4.78 is 0. The standard InChI is InChI=1S/C19H28N4O3/c1-15(16-6-4-3-5-7-16)14-18(25)23-12-10-22(11-13-23)9-8-17(24)21-19(26)20-2/h3-7,15H,8-14H2,1-2H3,(H2,20,21,24,26)/t15-/m1/s1. The van der Waals surface area contributed by atoms with Gasteiger partial charge in [-0.05, 0) is 11.5 Å². The van der Waals surface area contributed by atoms with Crippen LogP contribution >= 0.6 is 0 Å². The molecule has 26 heavy (non-hydrogen) atoms. The molecule has 0 radical (unpaired) electrons. The highest BCUT2D eigenvalue weighted by Crippen LogP contribution is 2.20. The summed E-state index contributed by atoms with van der Waals surface area (Å²) in [5, 5.41) is 4.60. The first-order valence-electron chi connectivity index (χ1n) is 9.06. The minimum absolute atomic E-state index is 0.179. The Labute approximate surface area is 154 Å². The van der Waals surface area contributed by atoms with E-state index in [1.165, 1.54) is 12.6 Å². The van der Waals surface area contributed by atoms with Crippen LogP contribution in [-0.4, -0.2) is 67.4 Å². The van der Waals surface area contributed by atoms with E-state index >= 15 is 0 Å². The van der Waals surface area contributed by atoms with Crippen molar-refractivity contribution in [1.82, 2.24) is 20.4 Å². The molecule has 0 unspecified atom stereocenters. The molecule has 1 aromatic carbocycles. The van der Waals surface area contributed by atoms with Crippen molar-refractivity contribution in [3.8, 4) is 0 Å². The summed E-state index contributed by atoms with van der Waals surface area (Å²) in [4.78, 5) is 39.3. The van der Waals surface area contributed by atoms with Crippen LogP contribution in [0.15, 0.2) is 30.3 Å². The molecule has 1 saturated heterocycles. The molecule has 1 aliphatic heterocycles. The van der Waals surface area contributed by atoms with Gasteiger partial charge in [-0.2, -0.15) is 0 Å². The van der Waals surface area contributed by atoms with Gasteiger partial charge >= 0.3 is 6.03 Å². The second-order valence-electron chi connectivity index (χ2n) is 6.62. The first kappa shape index (κ1) is 19.9. The van der Waals surface area contributed by atoms with Gasteiger partial charge in [0.1, 0.15) is 0 Å². The Kier molecular flexibility index (Phi) is 7.59. The Balaban J connectivity index is 1.70. The van der Waals surface area contributed by atoms with Gasteiger partial charge < -0.3 is 10.2 Å². The van der Waals surface area contributed by atoms with Crippen LogP contribution in [0.25, 0.3) is 0 Å². The molecule has 1 aromatic rings. The molecule has 1 heterocycles. The average molecular weight is 360 g/mol. The maximum Gasteiger partial charge on any atom is 0.321 e. The predicted molar refractivity (Wildman–Crippen MR) is 99.7 cm³/mol. The van der Waals surface area contributed by atoms with Gasteiger partial charge in [-0.3, -0.25) is 19.8 Å². The zero-order valence-electron chi connectivity index (χ0n) is 15.5. The Morgan fingerprint density at radius 1 is 1.08 bits per heavy atom. The number of piperazine rings is 1. The normalized spacial score (nSPS) is 16.0. The van der Waals surface area contributed by atoms with Crippen molar-refractivity contribution in [2.75, 3.05) is 39.8 Å². The number of amides is 4. The highest BCUT2D eigenvalue weighted by atomic mass is 16.2. The number of hydrogen-bond acceptors (Lipinski definition) is 4. The maximum absolute atomic E-state index is 12.5. The van der Waals surface area contributed by atoms with E-state index in [1.54, 1.807) is 0 Å². The van der Waals surface area contributed by atoms with Crippen molar-refractivity contribution >= 4 is 17.8 Å². The van der Waals surface area contributed by atoms with E-state index in [9.17, 15) is 14.4 Å². The first-order chi connectivity index (χ1) is 12.5. The van der Waals surface area contributed by atoms with Crippen molar-refractivity contribution in [2.24, 2.45) is 0 Å². The van der Waals surface area contributed by atoms with Crippen LogP contribution in [0.1, 0.15) is 31.2 Å². The number of rotatable bonds is 6. The summed E-state index contributed by atoms with van der Waals surface area (Å²) in [5.74, 6) is 0.0908. The van der Waals surface area contributed by atoms with Crippen LogP contribution in [-0.2, 0) is 9.59 Å². The molecule has 0 saturated carbocycles. The van der Waals surface area contributed by atoms with Crippen molar-refractivity contribution in [3.63, 3.8) is 0 Å². The fraction of sp³-hybridized carbons (Fsp3) is 0.526. The van der Waals surface area contributed by atoms with Gasteiger partial charge in [-0.25, -0.2) is 4.79 Å². The van der Waals surface area contributed by atoms with Crippen LogP contribution in [0.4, 0.5) is 4.79 Å². The monoisotopic (exact) mass is 360 g/mol. The van der Waals surface area contributed by atoms with E-state index in [2.05, 4.69) is 34.6 Å². The molecule has 0 aromatic heterocycles. The second-order valence-corrected chi connectivity index (χ2v) is 6.62. The van der Waals surface area contributed by atoms with Crippen LogP contribution in [0, 0.1) is 0 Å². The molecule has 0 aliphatic carbocycles. The molecule has 1 aliphatic rings. The number of imide groups is 1.